The van der Waals surface area contributed by atoms with Crippen LogP contribution in [0.1, 0.15) is 53.8 Å². The lowest BCUT2D eigenvalue weighted by molar-refractivity contribution is 0.102. The van der Waals surface area contributed by atoms with Crippen LogP contribution in [0.4, 0.5) is 4.39 Å². The molecule has 0 spiro atoms. The first kappa shape index (κ1) is 22.7. The van der Waals surface area contributed by atoms with Crippen molar-refractivity contribution in [3.8, 4) is 5.69 Å². The molecule has 0 unspecified atom stereocenters. The van der Waals surface area contributed by atoms with E-state index in [9.17, 15) is 9.18 Å². The van der Waals surface area contributed by atoms with Crippen molar-refractivity contribution in [3.05, 3.63) is 58.9 Å². The Balaban J connectivity index is 1.57. The summed E-state index contributed by atoms with van der Waals surface area (Å²) in [5.41, 5.74) is 3.67. The Labute approximate surface area is 192 Å². The summed E-state index contributed by atoms with van der Waals surface area (Å²) in [6.07, 6.45) is 3.65. The van der Waals surface area contributed by atoms with Crippen LogP contribution in [0, 0.1) is 19.7 Å². The number of Topliss-reactive ketones (excluding diaryl/α,β-unsaturated/α-hetero) is 1. The van der Waals surface area contributed by atoms with Gasteiger partial charge < -0.3 is 4.57 Å². The van der Waals surface area contributed by atoms with E-state index in [0.29, 0.717) is 11.7 Å². The van der Waals surface area contributed by atoms with Crippen molar-refractivity contribution in [1.82, 2.24) is 24.2 Å². The zero-order chi connectivity index (χ0) is 22.7. The molecule has 0 radical (unpaired) electrons. The maximum atomic E-state index is 13.5. The third-order valence-electron chi connectivity index (χ3n) is 6.12. The van der Waals surface area contributed by atoms with Gasteiger partial charge >= 0.3 is 0 Å². The summed E-state index contributed by atoms with van der Waals surface area (Å²) in [5.74, 6) is 0.888. The lowest BCUT2D eigenvalue weighted by Crippen LogP contribution is -2.30. The van der Waals surface area contributed by atoms with Crippen molar-refractivity contribution < 1.29 is 9.18 Å². The Bertz CT molecular complexity index is 1080. The van der Waals surface area contributed by atoms with Crippen LogP contribution in [0.25, 0.3) is 5.69 Å². The van der Waals surface area contributed by atoms with E-state index in [0.717, 1.165) is 48.1 Å². The third-order valence-corrected chi connectivity index (χ3v) is 7.05. The molecular weight excluding hydrogens is 425 g/mol. The Morgan fingerprint density at radius 1 is 1.09 bits per heavy atom. The van der Waals surface area contributed by atoms with Crippen molar-refractivity contribution in [3.63, 3.8) is 0 Å². The number of piperidine rings is 1. The number of ketones is 1. The maximum absolute atomic E-state index is 13.5. The quantitative estimate of drug-likeness (QED) is 0.361. The number of benzene rings is 1. The summed E-state index contributed by atoms with van der Waals surface area (Å²) in [7, 11) is 0. The van der Waals surface area contributed by atoms with Crippen LogP contribution in [0.3, 0.4) is 0 Å². The van der Waals surface area contributed by atoms with Crippen molar-refractivity contribution in [2.75, 3.05) is 18.8 Å². The number of carbonyl (C=O) groups is 1. The molecule has 3 aromatic rings. The Hall–Kier alpha value is -2.45. The highest BCUT2D eigenvalue weighted by atomic mass is 32.2. The van der Waals surface area contributed by atoms with Crippen LogP contribution < -0.4 is 0 Å². The van der Waals surface area contributed by atoms with Crippen LogP contribution in [-0.4, -0.2) is 48.9 Å². The summed E-state index contributed by atoms with van der Waals surface area (Å²) in [4.78, 5) is 15.4. The number of nitrogens with zero attached hydrogens (tertiary/aromatic N) is 5. The molecule has 8 heteroatoms. The minimum absolute atomic E-state index is 0.0778. The molecule has 0 N–H and O–H groups in total. The first-order valence-electron chi connectivity index (χ1n) is 11.2. The van der Waals surface area contributed by atoms with Gasteiger partial charge in [-0.3, -0.25) is 14.3 Å². The van der Waals surface area contributed by atoms with Crippen LogP contribution in [0.15, 0.2) is 35.5 Å². The molecule has 6 nitrogen and oxygen atoms in total. The Morgan fingerprint density at radius 2 is 1.81 bits per heavy atom. The van der Waals surface area contributed by atoms with Crippen LogP contribution >= 0.6 is 11.8 Å². The van der Waals surface area contributed by atoms with Crippen LogP contribution in [0.5, 0.6) is 0 Å². The second-order valence-electron chi connectivity index (χ2n) is 8.29. The minimum atomic E-state index is -0.282. The molecule has 1 aliphatic rings. The molecule has 170 valence electrons. The lowest BCUT2D eigenvalue weighted by atomic mass is 10.1. The van der Waals surface area contributed by atoms with Gasteiger partial charge in [0.15, 0.2) is 16.8 Å². The molecule has 32 heavy (non-hydrogen) atoms. The first-order valence-corrected chi connectivity index (χ1v) is 12.2. The fourth-order valence-corrected chi connectivity index (χ4v) is 5.30. The number of hydrogen-bond acceptors (Lipinski definition) is 5. The summed E-state index contributed by atoms with van der Waals surface area (Å²) >= 11 is 1.38. The number of thioether (sulfide) groups is 1. The Kier molecular flexibility index (Phi) is 7.10. The van der Waals surface area contributed by atoms with E-state index in [4.69, 9.17) is 0 Å². The van der Waals surface area contributed by atoms with Gasteiger partial charge in [-0.1, -0.05) is 18.2 Å². The van der Waals surface area contributed by atoms with Gasteiger partial charge in [0.1, 0.15) is 5.82 Å². The Morgan fingerprint density at radius 3 is 2.47 bits per heavy atom. The van der Waals surface area contributed by atoms with Crippen LogP contribution in [0.2, 0.25) is 0 Å². The average Bonchev–Trinajstić information content (AvgIpc) is 3.32. The molecule has 1 fully saturated rings. The van der Waals surface area contributed by atoms with E-state index in [1.54, 1.807) is 12.1 Å². The summed E-state index contributed by atoms with van der Waals surface area (Å²) in [5, 5.41) is 9.51. The molecule has 0 amide bonds. The van der Waals surface area contributed by atoms with Crippen molar-refractivity contribution in [1.29, 1.82) is 0 Å². The van der Waals surface area contributed by atoms with Gasteiger partial charge in [-0.05, 0) is 77.0 Å². The topological polar surface area (TPSA) is 56.0 Å². The standard InChI is InChI=1S/C24H30FN5OS/c1-4-29-17(2)14-21(18(29)3)22(31)16-32-24-27-26-23(15-28-12-6-5-7-13-28)30(24)20-10-8-19(25)9-11-20/h8-11,14H,4-7,12-13,15-16H2,1-3H3. The molecule has 1 aromatic carbocycles. The smallest absolute Gasteiger partial charge is 0.196 e. The van der Waals surface area contributed by atoms with E-state index < -0.39 is 0 Å². The minimum Gasteiger partial charge on any atom is -0.349 e. The predicted octanol–water partition coefficient (Wildman–Crippen LogP) is 4.81. The zero-order valence-electron chi connectivity index (χ0n) is 19.0. The van der Waals surface area contributed by atoms with E-state index in [1.807, 2.05) is 24.5 Å². The number of carbonyl (C=O) groups excluding carboxylic acids is 1. The van der Waals surface area contributed by atoms with Gasteiger partial charge in [0.05, 0.1) is 12.3 Å². The van der Waals surface area contributed by atoms with Crippen molar-refractivity contribution >= 4 is 17.5 Å². The van der Waals surface area contributed by atoms with E-state index in [1.165, 1.54) is 43.2 Å². The monoisotopic (exact) mass is 455 g/mol. The summed E-state index contributed by atoms with van der Waals surface area (Å²) in [6, 6.07) is 8.32. The van der Waals surface area contributed by atoms with Gasteiger partial charge in [0, 0.05) is 29.2 Å². The van der Waals surface area contributed by atoms with E-state index >= 15 is 0 Å². The number of aryl methyl sites for hydroxylation is 1. The fraction of sp³-hybridized carbons (Fsp3) is 0.458. The number of halogens is 1. The maximum Gasteiger partial charge on any atom is 0.196 e. The van der Waals surface area contributed by atoms with E-state index in [2.05, 4.69) is 26.6 Å². The second kappa shape index (κ2) is 10.0. The number of rotatable bonds is 8. The normalized spacial score (nSPS) is 14.8. The number of hydrogen-bond donors (Lipinski definition) is 0. The molecule has 4 rings (SSSR count). The van der Waals surface area contributed by atoms with E-state index in [-0.39, 0.29) is 17.4 Å². The number of aromatic nitrogens is 4. The second-order valence-corrected chi connectivity index (χ2v) is 9.23. The zero-order valence-corrected chi connectivity index (χ0v) is 19.8. The van der Waals surface area contributed by atoms with Gasteiger partial charge in [-0.2, -0.15) is 0 Å². The predicted molar refractivity (Wildman–Crippen MR) is 125 cm³/mol. The molecular formula is C24H30FN5OS. The molecule has 0 atom stereocenters. The van der Waals surface area contributed by atoms with Gasteiger partial charge in [-0.15, -0.1) is 10.2 Å². The summed E-state index contributed by atoms with van der Waals surface area (Å²) < 4.78 is 17.7. The van der Waals surface area contributed by atoms with Crippen molar-refractivity contribution in [2.24, 2.45) is 0 Å². The average molecular weight is 456 g/mol. The SMILES string of the molecule is CCn1c(C)cc(C(=O)CSc2nnc(CN3CCCCC3)n2-c2ccc(F)cc2)c1C. The van der Waals surface area contributed by atoms with Gasteiger partial charge in [0.2, 0.25) is 0 Å². The molecule has 2 aromatic heterocycles. The highest BCUT2D eigenvalue weighted by Gasteiger charge is 2.21. The largest absolute Gasteiger partial charge is 0.349 e. The molecule has 3 heterocycles. The lowest BCUT2D eigenvalue weighted by Gasteiger charge is -2.26. The van der Waals surface area contributed by atoms with Gasteiger partial charge in [-0.25, -0.2) is 4.39 Å². The van der Waals surface area contributed by atoms with Crippen LogP contribution in [-0.2, 0) is 13.1 Å². The summed E-state index contributed by atoms with van der Waals surface area (Å²) in [6.45, 7) is 9.73. The molecule has 0 bridgehead atoms. The fourth-order valence-electron chi connectivity index (χ4n) is 4.44. The van der Waals surface area contributed by atoms with Gasteiger partial charge in [0.25, 0.3) is 0 Å². The molecule has 1 saturated heterocycles. The van der Waals surface area contributed by atoms with Crippen molar-refractivity contribution in [2.45, 2.75) is 58.3 Å². The highest BCUT2D eigenvalue weighted by molar-refractivity contribution is 7.99. The number of likely N-dealkylation sites (tertiary alicyclic amines) is 1. The first-order chi connectivity index (χ1) is 15.5. The molecule has 1 aliphatic heterocycles. The molecule has 0 aliphatic carbocycles. The molecule has 0 saturated carbocycles. The third kappa shape index (κ3) is 4.81. The highest BCUT2D eigenvalue weighted by Crippen LogP contribution is 2.26.